The van der Waals surface area contributed by atoms with E-state index in [1.165, 1.54) is 32.5 Å². The van der Waals surface area contributed by atoms with Gasteiger partial charge in [-0.1, -0.05) is 13.8 Å². The Kier molecular flexibility index (Phi) is 3.73. The molecule has 0 aliphatic carbocycles. The first kappa shape index (κ1) is 12.8. The lowest BCUT2D eigenvalue weighted by Gasteiger charge is -2.53. The predicted molar refractivity (Wildman–Crippen MR) is 67.0 cm³/mol. The van der Waals surface area contributed by atoms with Gasteiger partial charge in [-0.15, -0.1) is 0 Å². The summed E-state index contributed by atoms with van der Waals surface area (Å²) in [6.07, 6.45) is 2.49. The van der Waals surface area contributed by atoms with Crippen LogP contribution in [0.4, 0.5) is 0 Å². The summed E-state index contributed by atoms with van der Waals surface area (Å²) in [6, 6.07) is 0. The Bertz CT molecular complexity index is 275. The molecule has 98 valence electrons. The molecule has 4 nitrogen and oxygen atoms in total. The Hall–Kier alpha value is -0.610. The van der Waals surface area contributed by atoms with E-state index >= 15 is 0 Å². The fourth-order valence-electron chi connectivity index (χ4n) is 3.25. The average Bonchev–Trinajstić information content (AvgIpc) is 2.17. The molecule has 0 bridgehead atoms. The van der Waals surface area contributed by atoms with Gasteiger partial charge < -0.3 is 10.0 Å². The molecular weight excluding hydrogens is 216 g/mol. The van der Waals surface area contributed by atoms with E-state index in [0.717, 1.165) is 19.0 Å². The van der Waals surface area contributed by atoms with E-state index in [1.807, 2.05) is 0 Å². The van der Waals surface area contributed by atoms with Crippen LogP contribution in [0.2, 0.25) is 0 Å². The molecule has 2 fully saturated rings. The van der Waals surface area contributed by atoms with Crippen molar-refractivity contribution in [3.63, 3.8) is 0 Å². The van der Waals surface area contributed by atoms with Gasteiger partial charge in [-0.25, -0.2) is 0 Å². The van der Waals surface area contributed by atoms with Gasteiger partial charge in [-0.3, -0.25) is 9.69 Å². The summed E-state index contributed by atoms with van der Waals surface area (Å²) in [5.41, 5.74) is 0.447. The molecule has 2 saturated heterocycles. The van der Waals surface area contributed by atoms with Crippen LogP contribution in [0.3, 0.4) is 0 Å². The molecule has 0 aromatic rings. The number of carbonyl (C=O) groups is 1. The van der Waals surface area contributed by atoms with Crippen molar-refractivity contribution in [3.8, 4) is 0 Å². The molecular formula is C13H24N2O2. The minimum absolute atomic E-state index is 0.220. The number of piperidine rings is 1. The van der Waals surface area contributed by atoms with Gasteiger partial charge >= 0.3 is 5.97 Å². The zero-order valence-corrected chi connectivity index (χ0v) is 11.0. The topological polar surface area (TPSA) is 43.8 Å². The smallest absolute Gasteiger partial charge is 0.317 e. The van der Waals surface area contributed by atoms with Gasteiger partial charge in [0, 0.05) is 19.6 Å². The molecule has 17 heavy (non-hydrogen) atoms. The number of aliphatic carboxylic acids is 1. The maximum absolute atomic E-state index is 10.6. The number of rotatable bonds is 4. The zero-order valence-electron chi connectivity index (χ0n) is 11.0. The monoisotopic (exact) mass is 240 g/mol. The first-order valence-corrected chi connectivity index (χ1v) is 6.66. The summed E-state index contributed by atoms with van der Waals surface area (Å²) < 4.78 is 0. The molecule has 0 radical (unpaired) electrons. The summed E-state index contributed by atoms with van der Waals surface area (Å²) >= 11 is 0. The third-order valence-electron chi connectivity index (χ3n) is 4.02. The Balaban J connectivity index is 1.72. The van der Waals surface area contributed by atoms with Crippen molar-refractivity contribution in [1.29, 1.82) is 0 Å². The number of likely N-dealkylation sites (tertiary alicyclic amines) is 2. The first-order valence-electron chi connectivity index (χ1n) is 6.66. The van der Waals surface area contributed by atoms with Crippen molar-refractivity contribution in [2.24, 2.45) is 11.3 Å². The van der Waals surface area contributed by atoms with Gasteiger partial charge in [0.25, 0.3) is 0 Å². The second-order valence-corrected chi connectivity index (χ2v) is 6.23. The minimum atomic E-state index is -0.697. The third kappa shape index (κ3) is 3.19. The largest absolute Gasteiger partial charge is 0.480 e. The highest BCUT2D eigenvalue weighted by atomic mass is 16.4. The molecule has 2 aliphatic heterocycles. The van der Waals surface area contributed by atoms with Crippen LogP contribution in [-0.4, -0.2) is 60.1 Å². The third-order valence-corrected chi connectivity index (χ3v) is 4.02. The average molecular weight is 240 g/mol. The molecule has 2 rings (SSSR count). The Labute approximate surface area is 104 Å². The maximum Gasteiger partial charge on any atom is 0.317 e. The summed E-state index contributed by atoms with van der Waals surface area (Å²) in [7, 11) is 0. The van der Waals surface area contributed by atoms with Crippen LogP contribution in [0.5, 0.6) is 0 Å². The molecule has 0 aromatic heterocycles. The Morgan fingerprint density at radius 1 is 1.24 bits per heavy atom. The highest BCUT2D eigenvalue weighted by Gasteiger charge is 2.44. The van der Waals surface area contributed by atoms with E-state index in [9.17, 15) is 4.79 Å². The first-order chi connectivity index (χ1) is 7.99. The maximum atomic E-state index is 10.6. The number of hydrogen-bond donors (Lipinski definition) is 1. The molecule has 1 spiro atoms. The van der Waals surface area contributed by atoms with Crippen molar-refractivity contribution in [3.05, 3.63) is 0 Å². The highest BCUT2D eigenvalue weighted by molar-refractivity contribution is 5.69. The van der Waals surface area contributed by atoms with Crippen molar-refractivity contribution in [2.75, 3.05) is 39.3 Å². The Morgan fingerprint density at radius 3 is 2.29 bits per heavy atom. The lowest BCUT2D eigenvalue weighted by Crippen LogP contribution is -2.61. The summed E-state index contributed by atoms with van der Waals surface area (Å²) in [5, 5.41) is 8.73. The second-order valence-electron chi connectivity index (χ2n) is 6.23. The number of carboxylic acids is 1. The van der Waals surface area contributed by atoms with Crippen molar-refractivity contribution in [2.45, 2.75) is 26.7 Å². The predicted octanol–water partition coefficient (Wildman–Crippen LogP) is 1.12. The number of carboxylic acid groups (broad SMARTS) is 1. The number of hydrogen-bond acceptors (Lipinski definition) is 3. The van der Waals surface area contributed by atoms with Gasteiger partial charge in [0.2, 0.25) is 0 Å². The molecule has 4 heteroatoms. The fraction of sp³-hybridized carbons (Fsp3) is 0.923. The van der Waals surface area contributed by atoms with E-state index in [4.69, 9.17) is 5.11 Å². The van der Waals surface area contributed by atoms with E-state index in [-0.39, 0.29) is 6.54 Å². The lowest BCUT2D eigenvalue weighted by molar-refractivity contribution is -0.143. The summed E-state index contributed by atoms with van der Waals surface area (Å²) in [4.78, 5) is 15.2. The van der Waals surface area contributed by atoms with Crippen LogP contribution in [-0.2, 0) is 4.79 Å². The molecule has 2 aliphatic rings. The molecule has 0 saturated carbocycles. The minimum Gasteiger partial charge on any atom is -0.480 e. The van der Waals surface area contributed by atoms with E-state index in [2.05, 4.69) is 23.6 Å². The second kappa shape index (κ2) is 4.94. The van der Waals surface area contributed by atoms with Crippen molar-refractivity contribution in [1.82, 2.24) is 9.80 Å². The van der Waals surface area contributed by atoms with Gasteiger partial charge in [-0.2, -0.15) is 0 Å². The van der Waals surface area contributed by atoms with Crippen LogP contribution in [0, 0.1) is 11.3 Å². The van der Waals surface area contributed by atoms with Crippen LogP contribution < -0.4 is 0 Å². The van der Waals surface area contributed by atoms with Crippen LogP contribution in [0.15, 0.2) is 0 Å². The van der Waals surface area contributed by atoms with Crippen LogP contribution in [0.1, 0.15) is 26.7 Å². The van der Waals surface area contributed by atoms with Crippen LogP contribution >= 0.6 is 0 Å². The summed E-state index contributed by atoms with van der Waals surface area (Å²) in [6.45, 7) is 10.3. The number of nitrogens with zero attached hydrogens (tertiary/aromatic N) is 2. The van der Waals surface area contributed by atoms with Crippen molar-refractivity contribution >= 4 is 5.97 Å². The van der Waals surface area contributed by atoms with Crippen LogP contribution in [0.25, 0.3) is 0 Å². The molecule has 1 N–H and O–H groups in total. The molecule has 2 heterocycles. The molecule has 0 atom stereocenters. The van der Waals surface area contributed by atoms with Crippen molar-refractivity contribution < 1.29 is 9.90 Å². The van der Waals surface area contributed by atoms with Gasteiger partial charge in [-0.05, 0) is 37.3 Å². The quantitative estimate of drug-likeness (QED) is 0.800. The lowest BCUT2D eigenvalue weighted by atomic mass is 9.72. The molecule has 0 unspecified atom stereocenters. The standard InChI is InChI=1S/C13H24N2O2/c1-11(2)7-14-5-3-13(4-6-14)9-15(10-13)8-12(16)17/h11H,3-10H2,1-2H3,(H,16,17). The fourth-order valence-corrected chi connectivity index (χ4v) is 3.25. The zero-order chi connectivity index (χ0) is 12.5. The molecule has 0 amide bonds. The highest BCUT2D eigenvalue weighted by Crippen LogP contribution is 2.40. The SMILES string of the molecule is CC(C)CN1CCC2(CC1)CN(CC(=O)O)C2. The molecule has 0 aromatic carbocycles. The van der Waals surface area contributed by atoms with Gasteiger partial charge in [0.1, 0.15) is 0 Å². The normalized spacial score (nSPS) is 25.1. The van der Waals surface area contributed by atoms with E-state index < -0.39 is 5.97 Å². The van der Waals surface area contributed by atoms with E-state index in [0.29, 0.717) is 5.41 Å². The Morgan fingerprint density at radius 2 is 1.82 bits per heavy atom. The summed E-state index contributed by atoms with van der Waals surface area (Å²) in [5.74, 6) is 0.0473. The van der Waals surface area contributed by atoms with Gasteiger partial charge in [0.15, 0.2) is 0 Å². The van der Waals surface area contributed by atoms with E-state index in [1.54, 1.807) is 0 Å². The van der Waals surface area contributed by atoms with Gasteiger partial charge in [0.05, 0.1) is 6.54 Å².